The fourth-order valence-electron chi connectivity index (χ4n) is 4.20. The van der Waals surface area contributed by atoms with Crippen LogP contribution in [0.15, 0.2) is 35.7 Å². The number of carbonyl (C=O) groups is 2. The van der Waals surface area contributed by atoms with Gasteiger partial charge in [-0.05, 0) is 25.7 Å². The van der Waals surface area contributed by atoms with Crippen molar-refractivity contribution in [2.45, 2.75) is 51.0 Å². The number of hydrogen-bond acceptors (Lipinski definition) is 4. The van der Waals surface area contributed by atoms with E-state index in [-0.39, 0.29) is 17.9 Å². The van der Waals surface area contributed by atoms with E-state index >= 15 is 0 Å². The third-order valence-corrected chi connectivity index (χ3v) is 6.75. The fraction of sp³-hybridized carbons (Fsp3) is 0.500. The van der Waals surface area contributed by atoms with Crippen LogP contribution >= 0.6 is 11.3 Å². The monoisotopic (exact) mass is 397 g/mol. The molecule has 0 bridgehead atoms. The molecule has 0 unspecified atom stereocenters. The summed E-state index contributed by atoms with van der Waals surface area (Å²) in [5.74, 6) is 0.443. The number of rotatable bonds is 4. The van der Waals surface area contributed by atoms with Crippen molar-refractivity contribution in [3.05, 3.63) is 41.4 Å². The molecule has 0 atom stereocenters. The summed E-state index contributed by atoms with van der Waals surface area (Å²) >= 11 is 1.49. The smallest absolute Gasteiger partial charge is 0.270 e. The molecule has 5 nitrogen and oxygen atoms in total. The van der Waals surface area contributed by atoms with Crippen LogP contribution in [0.4, 0.5) is 0 Å². The average molecular weight is 398 g/mol. The Balaban J connectivity index is 1.28. The molecule has 0 radical (unpaired) electrons. The number of likely N-dealkylation sites (tertiary alicyclic amines) is 1. The number of hydrogen-bond donors (Lipinski definition) is 1. The van der Waals surface area contributed by atoms with E-state index < -0.39 is 0 Å². The van der Waals surface area contributed by atoms with Crippen molar-refractivity contribution in [3.63, 3.8) is 0 Å². The Bertz CT molecular complexity index is 806. The van der Waals surface area contributed by atoms with E-state index in [1.807, 2.05) is 40.6 Å². The molecule has 1 saturated carbocycles. The summed E-state index contributed by atoms with van der Waals surface area (Å²) in [7, 11) is 0. The highest BCUT2D eigenvalue weighted by Gasteiger charge is 2.29. The SMILES string of the molecule is O=C(NC1CCN(C(=O)C2CCCCC2)CC1)c1csc(-c2ccccc2)n1. The van der Waals surface area contributed by atoms with Gasteiger partial charge in [0.2, 0.25) is 5.91 Å². The van der Waals surface area contributed by atoms with E-state index in [1.54, 1.807) is 0 Å². The predicted molar refractivity (Wildman–Crippen MR) is 111 cm³/mol. The average Bonchev–Trinajstić information content (AvgIpc) is 3.26. The van der Waals surface area contributed by atoms with Crippen LogP contribution in [0, 0.1) is 5.92 Å². The maximum atomic E-state index is 12.7. The minimum absolute atomic E-state index is 0.115. The molecule has 1 aromatic heterocycles. The quantitative estimate of drug-likeness (QED) is 0.844. The molecule has 2 aromatic rings. The molecule has 1 aromatic carbocycles. The van der Waals surface area contributed by atoms with Crippen LogP contribution in [-0.2, 0) is 4.79 Å². The summed E-state index contributed by atoms with van der Waals surface area (Å²) in [6.45, 7) is 1.49. The molecular formula is C22H27N3O2S. The Morgan fingerprint density at radius 1 is 1.00 bits per heavy atom. The molecule has 148 valence electrons. The largest absolute Gasteiger partial charge is 0.348 e. The van der Waals surface area contributed by atoms with E-state index in [9.17, 15) is 9.59 Å². The van der Waals surface area contributed by atoms with E-state index in [0.717, 1.165) is 49.3 Å². The highest BCUT2D eigenvalue weighted by molar-refractivity contribution is 7.13. The zero-order valence-electron chi connectivity index (χ0n) is 16.1. The molecule has 1 aliphatic heterocycles. The normalized spacial score (nSPS) is 18.8. The van der Waals surface area contributed by atoms with Gasteiger partial charge in [0.25, 0.3) is 5.91 Å². The summed E-state index contributed by atoms with van der Waals surface area (Å²) in [6, 6.07) is 10.0. The zero-order valence-corrected chi connectivity index (χ0v) is 16.9. The van der Waals surface area contributed by atoms with Gasteiger partial charge in [0.1, 0.15) is 10.7 Å². The standard InChI is InChI=1S/C22H27N3O2S/c26-20(19-15-28-21(24-19)16-7-3-1-4-8-16)23-18-11-13-25(14-12-18)22(27)17-9-5-2-6-10-17/h1,3-4,7-8,15,17-18H,2,5-6,9-14H2,(H,23,26). The lowest BCUT2D eigenvalue weighted by Gasteiger charge is -2.35. The van der Waals surface area contributed by atoms with Gasteiger partial charge in [-0.3, -0.25) is 9.59 Å². The highest BCUT2D eigenvalue weighted by Crippen LogP contribution is 2.27. The molecule has 1 saturated heterocycles. The molecule has 0 spiro atoms. The number of nitrogens with zero attached hydrogens (tertiary/aromatic N) is 2. The lowest BCUT2D eigenvalue weighted by molar-refractivity contribution is -0.137. The van der Waals surface area contributed by atoms with Crippen molar-refractivity contribution in [2.24, 2.45) is 5.92 Å². The van der Waals surface area contributed by atoms with Crippen molar-refractivity contribution in [1.82, 2.24) is 15.2 Å². The van der Waals surface area contributed by atoms with Crippen LogP contribution < -0.4 is 5.32 Å². The maximum absolute atomic E-state index is 12.7. The van der Waals surface area contributed by atoms with Crippen LogP contribution in [0.5, 0.6) is 0 Å². The molecule has 4 rings (SSSR count). The molecule has 1 N–H and O–H groups in total. The Labute approximate surface area is 170 Å². The van der Waals surface area contributed by atoms with Crippen molar-refractivity contribution < 1.29 is 9.59 Å². The Hall–Kier alpha value is -2.21. The van der Waals surface area contributed by atoms with Crippen LogP contribution in [0.1, 0.15) is 55.4 Å². The van der Waals surface area contributed by atoms with Gasteiger partial charge in [-0.1, -0.05) is 49.6 Å². The van der Waals surface area contributed by atoms with Crippen molar-refractivity contribution in [2.75, 3.05) is 13.1 Å². The molecule has 28 heavy (non-hydrogen) atoms. The number of nitrogens with one attached hydrogen (secondary N) is 1. The van der Waals surface area contributed by atoms with E-state index in [2.05, 4.69) is 10.3 Å². The van der Waals surface area contributed by atoms with Gasteiger partial charge >= 0.3 is 0 Å². The number of thiazole rings is 1. The first-order valence-electron chi connectivity index (χ1n) is 10.3. The van der Waals surface area contributed by atoms with Crippen LogP contribution in [0.25, 0.3) is 10.6 Å². The fourth-order valence-corrected chi connectivity index (χ4v) is 5.01. The number of amides is 2. The van der Waals surface area contributed by atoms with Gasteiger partial charge in [-0.2, -0.15) is 0 Å². The summed E-state index contributed by atoms with van der Waals surface area (Å²) in [4.78, 5) is 31.7. The van der Waals surface area contributed by atoms with Gasteiger partial charge in [0.05, 0.1) is 0 Å². The van der Waals surface area contributed by atoms with E-state index in [4.69, 9.17) is 0 Å². The Morgan fingerprint density at radius 2 is 1.71 bits per heavy atom. The van der Waals surface area contributed by atoms with Gasteiger partial charge < -0.3 is 10.2 Å². The van der Waals surface area contributed by atoms with E-state index in [0.29, 0.717) is 11.6 Å². The van der Waals surface area contributed by atoms with Crippen LogP contribution in [0.3, 0.4) is 0 Å². The predicted octanol–water partition coefficient (Wildman–Crippen LogP) is 4.11. The minimum Gasteiger partial charge on any atom is -0.348 e. The molecule has 2 fully saturated rings. The number of piperidine rings is 1. The van der Waals surface area contributed by atoms with E-state index in [1.165, 1.54) is 30.6 Å². The van der Waals surface area contributed by atoms with Crippen molar-refractivity contribution in [3.8, 4) is 10.6 Å². The van der Waals surface area contributed by atoms with Gasteiger partial charge in [0, 0.05) is 36.0 Å². The first-order valence-corrected chi connectivity index (χ1v) is 11.2. The summed E-state index contributed by atoms with van der Waals surface area (Å²) < 4.78 is 0. The topological polar surface area (TPSA) is 62.3 Å². The molecule has 2 amide bonds. The second kappa shape index (κ2) is 8.86. The van der Waals surface area contributed by atoms with Gasteiger partial charge in [-0.15, -0.1) is 11.3 Å². The van der Waals surface area contributed by atoms with Crippen molar-refractivity contribution >= 4 is 23.2 Å². The number of aromatic nitrogens is 1. The highest BCUT2D eigenvalue weighted by atomic mass is 32.1. The number of benzene rings is 1. The first kappa shape index (κ1) is 19.1. The second-order valence-corrected chi connectivity index (χ2v) is 8.67. The Morgan fingerprint density at radius 3 is 2.43 bits per heavy atom. The summed E-state index contributed by atoms with van der Waals surface area (Å²) in [5, 5.41) is 5.78. The maximum Gasteiger partial charge on any atom is 0.270 e. The molecule has 2 aliphatic rings. The second-order valence-electron chi connectivity index (χ2n) is 7.81. The van der Waals surface area contributed by atoms with Gasteiger partial charge in [0.15, 0.2) is 0 Å². The Kier molecular flexibility index (Phi) is 6.05. The zero-order chi connectivity index (χ0) is 19.3. The molecular weight excluding hydrogens is 370 g/mol. The van der Waals surface area contributed by atoms with Gasteiger partial charge in [-0.25, -0.2) is 4.98 Å². The third kappa shape index (κ3) is 4.43. The molecule has 2 heterocycles. The summed E-state index contributed by atoms with van der Waals surface area (Å²) in [5.41, 5.74) is 1.51. The minimum atomic E-state index is -0.115. The third-order valence-electron chi connectivity index (χ3n) is 5.85. The lowest BCUT2D eigenvalue weighted by Crippen LogP contribution is -2.48. The lowest BCUT2D eigenvalue weighted by atomic mass is 9.87. The van der Waals surface area contributed by atoms with Crippen LogP contribution in [0.2, 0.25) is 0 Å². The summed E-state index contributed by atoms with van der Waals surface area (Å²) in [6.07, 6.45) is 7.36. The first-order chi connectivity index (χ1) is 13.7. The van der Waals surface area contributed by atoms with Crippen molar-refractivity contribution in [1.29, 1.82) is 0 Å². The number of carbonyl (C=O) groups excluding carboxylic acids is 2. The molecule has 1 aliphatic carbocycles. The van der Waals surface area contributed by atoms with Crippen LogP contribution in [-0.4, -0.2) is 40.8 Å². The molecule has 6 heteroatoms.